The fourth-order valence-corrected chi connectivity index (χ4v) is 2.17. The van der Waals surface area contributed by atoms with E-state index in [4.69, 9.17) is 19.9 Å². The molecule has 0 aliphatic carbocycles. The van der Waals surface area contributed by atoms with Gasteiger partial charge in [0, 0.05) is 12.6 Å². The van der Waals surface area contributed by atoms with Crippen molar-refractivity contribution >= 4 is 5.97 Å². The summed E-state index contributed by atoms with van der Waals surface area (Å²) in [4.78, 5) is 12.0. The van der Waals surface area contributed by atoms with Gasteiger partial charge in [0.2, 0.25) is 0 Å². The molecular formula is C12H21NO4. The lowest BCUT2D eigenvalue weighted by Gasteiger charge is -2.27. The van der Waals surface area contributed by atoms with Gasteiger partial charge in [0.05, 0.1) is 19.3 Å². The Morgan fingerprint density at radius 3 is 2.94 bits per heavy atom. The predicted octanol–water partition coefficient (Wildman–Crippen LogP) is 0.463. The first-order valence-corrected chi connectivity index (χ1v) is 6.25. The highest BCUT2D eigenvalue weighted by atomic mass is 16.6. The number of esters is 1. The summed E-state index contributed by atoms with van der Waals surface area (Å²) >= 11 is 0. The fourth-order valence-electron chi connectivity index (χ4n) is 2.17. The molecule has 2 N–H and O–H groups in total. The quantitative estimate of drug-likeness (QED) is 0.729. The van der Waals surface area contributed by atoms with E-state index in [1.54, 1.807) is 6.92 Å². The molecule has 0 bridgehead atoms. The molecule has 5 nitrogen and oxygen atoms in total. The summed E-state index contributed by atoms with van der Waals surface area (Å²) in [6, 6.07) is -0.276. The zero-order valence-electron chi connectivity index (χ0n) is 10.3. The Morgan fingerprint density at radius 2 is 2.35 bits per heavy atom. The smallest absolute Gasteiger partial charge is 0.315 e. The largest absolute Gasteiger partial charge is 0.462 e. The highest BCUT2D eigenvalue weighted by molar-refractivity contribution is 5.78. The molecule has 2 fully saturated rings. The van der Waals surface area contributed by atoms with Crippen LogP contribution in [0.3, 0.4) is 0 Å². The van der Waals surface area contributed by atoms with Crippen LogP contribution in [0, 0.1) is 5.41 Å². The van der Waals surface area contributed by atoms with Crippen LogP contribution in [0.2, 0.25) is 0 Å². The normalized spacial score (nSPS) is 38.0. The average Bonchev–Trinajstić information content (AvgIpc) is 2.69. The lowest BCUT2D eigenvalue weighted by molar-refractivity contribution is -0.160. The van der Waals surface area contributed by atoms with E-state index in [0.29, 0.717) is 19.8 Å². The molecule has 0 radical (unpaired) electrons. The first-order valence-electron chi connectivity index (χ1n) is 6.25. The molecule has 3 atom stereocenters. The van der Waals surface area contributed by atoms with Crippen LogP contribution >= 0.6 is 0 Å². The van der Waals surface area contributed by atoms with E-state index in [1.165, 1.54) is 0 Å². The van der Waals surface area contributed by atoms with Gasteiger partial charge in [0.15, 0.2) is 0 Å². The molecule has 2 aliphatic heterocycles. The minimum absolute atomic E-state index is 0.0508. The Morgan fingerprint density at radius 1 is 1.53 bits per heavy atom. The van der Waals surface area contributed by atoms with E-state index in [-0.39, 0.29) is 18.1 Å². The Hall–Kier alpha value is -0.650. The van der Waals surface area contributed by atoms with Crippen molar-refractivity contribution in [2.75, 3.05) is 26.4 Å². The number of rotatable bonds is 3. The van der Waals surface area contributed by atoms with Gasteiger partial charge in [-0.05, 0) is 26.2 Å². The summed E-state index contributed by atoms with van der Waals surface area (Å²) in [5.74, 6) is -0.267. The van der Waals surface area contributed by atoms with E-state index < -0.39 is 5.41 Å². The summed E-state index contributed by atoms with van der Waals surface area (Å²) in [5.41, 5.74) is 5.17. The third-order valence-corrected chi connectivity index (χ3v) is 3.66. The Bertz CT molecular complexity index is 278. The number of ether oxygens (including phenoxy) is 3. The number of nitrogens with two attached hydrogens (primary N) is 1. The number of carbonyl (C=O) groups excluding carboxylic acids is 1. The van der Waals surface area contributed by atoms with Crippen molar-refractivity contribution in [1.29, 1.82) is 0 Å². The van der Waals surface area contributed by atoms with Crippen LogP contribution in [0.1, 0.15) is 26.2 Å². The molecule has 5 heteroatoms. The first kappa shape index (κ1) is 12.8. The second kappa shape index (κ2) is 5.33. The minimum atomic E-state index is -0.700. The summed E-state index contributed by atoms with van der Waals surface area (Å²) in [6.07, 6.45) is 3.25. The highest BCUT2D eigenvalue weighted by Crippen LogP contribution is 2.28. The van der Waals surface area contributed by atoms with Crippen LogP contribution in [0.4, 0.5) is 0 Å². The van der Waals surface area contributed by atoms with Crippen molar-refractivity contribution < 1.29 is 19.0 Å². The van der Waals surface area contributed by atoms with Crippen LogP contribution in [0.25, 0.3) is 0 Å². The standard InChI is InChI=1S/C12H21NO4/c1-12(8-15-7-10(12)13)11(14)17-6-9-4-2-3-5-16-9/h9-10H,2-8,13H2,1H3. The van der Waals surface area contributed by atoms with Crippen LogP contribution in [-0.2, 0) is 19.0 Å². The molecule has 98 valence electrons. The molecular weight excluding hydrogens is 222 g/mol. The molecule has 2 aliphatic rings. The van der Waals surface area contributed by atoms with Crippen LogP contribution < -0.4 is 5.73 Å². The monoisotopic (exact) mass is 243 g/mol. The van der Waals surface area contributed by atoms with Gasteiger partial charge in [-0.1, -0.05) is 0 Å². The van der Waals surface area contributed by atoms with Crippen molar-refractivity contribution in [3.8, 4) is 0 Å². The van der Waals surface area contributed by atoms with Gasteiger partial charge in [-0.2, -0.15) is 0 Å². The maximum atomic E-state index is 12.0. The van der Waals surface area contributed by atoms with Crippen LogP contribution in [0.15, 0.2) is 0 Å². The average molecular weight is 243 g/mol. The molecule has 0 saturated carbocycles. The van der Waals surface area contributed by atoms with Gasteiger partial charge in [-0.25, -0.2) is 0 Å². The van der Waals surface area contributed by atoms with Gasteiger partial charge in [0.25, 0.3) is 0 Å². The lowest BCUT2D eigenvalue weighted by Crippen LogP contribution is -2.46. The number of hydrogen-bond donors (Lipinski definition) is 1. The Balaban J connectivity index is 1.80. The predicted molar refractivity (Wildman–Crippen MR) is 61.5 cm³/mol. The number of carbonyl (C=O) groups is 1. The molecule has 0 amide bonds. The van der Waals surface area contributed by atoms with Crippen molar-refractivity contribution in [3.05, 3.63) is 0 Å². The second-order valence-electron chi connectivity index (χ2n) is 5.13. The molecule has 0 spiro atoms. The molecule has 0 aromatic rings. The van der Waals surface area contributed by atoms with Crippen molar-refractivity contribution in [2.45, 2.75) is 38.3 Å². The number of hydrogen-bond acceptors (Lipinski definition) is 5. The van der Waals surface area contributed by atoms with Crippen molar-refractivity contribution in [1.82, 2.24) is 0 Å². The molecule has 2 heterocycles. The van der Waals surface area contributed by atoms with E-state index in [2.05, 4.69) is 0 Å². The summed E-state index contributed by atoms with van der Waals surface area (Å²) < 4.78 is 16.1. The third kappa shape index (κ3) is 2.78. The van der Waals surface area contributed by atoms with Gasteiger partial charge in [-0.15, -0.1) is 0 Å². The van der Waals surface area contributed by atoms with Crippen molar-refractivity contribution in [3.63, 3.8) is 0 Å². The van der Waals surface area contributed by atoms with E-state index >= 15 is 0 Å². The van der Waals surface area contributed by atoms with Gasteiger partial charge < -0.3 is 19.9 Å². The Kier molecular flexibility index (Phi) is 4.01. The van der Waals surface area contributed by atoms with E-state index in [1.807, 2.05) is 0 Å². The Labute approximate surface area is 102 Å². The van der Waals surface area contributed by atoms with Gasteiger partial charge >= 0.3 is 5.97 Å². The molecule has 2 rings (SSSR count). The minimum Gasteiger partial charge on any atom is -0.462 e. The summed E-state index contributed by atoms with van der Waals surface area (Å²) in [6.45, 7) is 3.67. The maximum absolute atomic E-state index is 12.0. The lowest BCUT2D eigenvalue weighted by atomic mass is 9.86. The van der Waals surface area contributed by atoms with Crippen LogP contribution in [0.5, 0.6) is 0 Å². The molecule has 3 unspecified atom stereocenters. The van der Waals surface area contributed by atoms with Gasteiger partial charge in [0.1, 0.15) is 12.0 Å². The van der Waals surface area contributed by atoms with Gasteiger partial charge in [-0.3, -0.25) is 4.79 Å². The highest BCUT2D eigenvalue weighted by Gasteiger charge is 2.46. The molecule has 0 aromatic carbocycles. The first-order chi connectivity index (χ1) is 8.13. The molecule has 0 aromatic heterocycles. The van der Waals surface area contributed by atoms with E-state index in [0.717, 1.165) is 25.9 Å². The fraction of sp³-hybridized carbons (Fsp3) is 0.917. The third-order valence-electron chi connectivity index (χ3n) is 3.66. The van der Waals surface area contributed by atoms with E-state index in [9.17, 15) is 4.79 Å². The SMILES string of the molecule is CC1(C(=O)OCC2CCCCO2)COCC1N. The summed E-state index contributed by atoms with van der Waals surface area (Å²) in [5, 5.41) is 0. The maximum Gasteiger partial charge on any atom is 0.315 e. The zero-order chi connectivity index (χ0) is 12.3. The molecule has 2 saturated heterocycles. The topological polar surface area (TPSA) is 70.8 Å². The van der Waals surface area contributed by atoms with Crippen LogP contribution in [-0.4, -0.2) is 44.5 Å². The molecule has 17 heavy (non-hydrogen) atoms. The second-order valence-corrected chi connectivity index (χ2v) is 5.13. The van der Waals surface area contributed by atoms with Crippen molar-refractivity contribution in [2.24, 2.45) is 11.1 Å². The summed E-state index contributed by atoms with van der Waals surface area (Å²) in [7, 11) is 0. The zero-order valence-corrected chi connectivity index (χ0v) is 10.3.